The third-order valence-corrected chi connectivity index (χ3v) is 11.3. The van der Waals surface area contributed by atoms with Gasteiger partial charge in [-0.1, -0.05) is 36.4 Å². The van der Waals surface area contributed by atoms with E-state index in [2.05, 4.69) is 25.9 Å². The van der Waals surface area contributed by atoms with E-state index < -0.39 is 24.3 Å². The molecular formula is C42H53N7O9. The Morgan fingerprint density at radius 1 is 0.724 bits per heavy atom. The number of aromatic amines is 1. The van der Waals surface area contributed by atoms with Crippen molar-refractivity contribution in [1.29, 1.82) is 0 Å². The topological polar surface area (TPSA) is 194 Å². The summed E-state index contributed by atoms with van der Waals surface area (Å²) in [5.74, 6) is -0.252. The van der Waals surface area contributed by atoms with Gasteiger partial charge in [0.05, 0.1) is 50.3 Å². The van der Waals surface area contributed by atoms with Crippen molar-refractivity contribution in [2.45, 2.75) is 89.1 Å². The molecule has 1 aromatic heterocycles. The van der Waals surface area contributed by atoms with Crippen LogP contribution < -0.4 is 16.0 Å². The van der Waals surface area contributed by atoms with Crippen LogP contribution in [0.25, 0.3) is 22.4 Å². The molecule has 0 radical (unpaired) electrons. The van der Waals surface area contributed by atoms with Crippen LogP contribution in [0.15, 0.2) is 54.7 Å². The number of anilines is 1. The number of hydrogen-bond donors (Lipinski definition) is 4. The molecule has 4 atom stereocenters. The SMILES string of the molecule is C[C@H](NC(=O)OC1CCOCC1)C(=O)N1CCC[C@H]1c1ncc(-c2ccc(-c3ccc(NC(=O)[C@@H]4CCN(C(=O)[C@@H](C)NC(=O)OC5CCOCC5)C4)cc3)cc2)[nH]1. The number of aromatic nitrogens is 2. The van der Waals surface area contributed by atoms with E-state index in [0.717, 1.165) is 35.2 Å². The number of carbonyl (C=O) groups excluding carboxylic acids is 5. The average Bonchev–Trinajstić information content (AvgIpc) is 4.03. The number of imidazole rings is 1. The van der Waals surface area contributed by atoms with Crippen molar-refractivity contribution < 1.29 is 42.9 Å². The van der Waals surface area contributed by atoms with E-state index in [1.807, 2.05) is 48.5 Å². The summed E-state index contributed by atoms with van der Waals surface area (Å²) in [6.07, 6.45) is 4.83. The van der Waals surface area contributed by atoms with Crippen molar-refractivity contribution in [3.8, 4) is 22.4 Å². The van der Waals surface area contributed by atoms with Gasteiger partial charge in [-0.05, 0) is 61.9 Å². The number of likely N-dealkylation sites (tertiary alicyclic amines) is 2. The molecule has 4 saturated heterocycles. The molecule has 16 heteroatoms. The van der Waals surface area contributed by atoms with Crippen molar-refractivity contribution in [3.63, 3.8) is 0 Å². The van der Waals surface area contributed by atoms with Crippen LogP contribution in [0.5, 0.6) is 0 Å². The Balaban J connectivity index is 0.873. The molecule has 0 saturated carbocycles. The number of nitrogens with one attached hydrogen (secondary N) is 4. The molecule has 4 aliphatic heterocycles. The molecule has 0 spiro atoms. The highest BCUT2D eigenvalue weighted by atomic mass is 16.6. The van der Waals surface area contributed by atoms with E-state index in [9.17, 15) is 24.0 Å². The number of nitrogens with zero attached hydrogens (tertiary/aromatic N) is 3. The lowest BCUT2D eigenvalue weighted by Gasteiger charge is -2.27. The van der Waals surface area contributed by atoms with Crippen molar-refractivity contribution in [1.82, 2.24) is 30.4 Å². The minimum atomic E-state index is -0.770. The zero-order chi connectivity index (χ0) is 40.6. The number of hydrogen-bond acceptors (Lipinski definition) is 10. The van der Waals surface area contributed by atoms with Crippen LogP contribution in [0.1, 0.15) is 70.7 Å². The smallest absolute Gasteiger partial charge is 0.408 e. The number of ether oxygens (including phenoxy) is 4. The second-order valence-corrected chi connectivity index (χ2v) is 15.5. The lowest BCUT2D eigenvalue weighted by molar-refractivity contribution is -0.134. The largest absolute Gasteiger partial charge is 0.446 e. The van der Waals surface area contributed by atoms with Crippen molar-refractivity contribution >= 4 is 35.6 Å². The van der Waals surface area contributed by atoms with Gasteiger partial charge in [-0.2, -0.15) is 0 Å². The molecular weight excluding hydrogens is 747 g/mol. The zero-order valence-corrected chi connectivity index (χ0v) is 33.1. The summed E-state index contributed by atoms with van der Waals surface area (Å²) in [5, 5.41) is 8.31. The molecule has 2 aromatic carbocycles. The Labute approximate surface area is 337 Å². The van der Waals surface area contributed by atoms with Gasteiger partial charge in [0.1, 0.15) is 30.1 Å². The second kappa shape index (κ2) is 18.9. The number of rotatable bonds is 11. The summed E-state index contributed by atoms with van der Waals surface area (Å²) in [6.45, 7) is 6.79. The van der Waals surface area contributed by atoms with E-state index in [-0.39, 0.29) is 48.4 Å². The Hall–Kier alpha value is -5.48. The molecule has 5 heterocycles. The first kappa shape index (κ1) is 40.7. The van der Waals surface area contributed by atoms with E-state index in [0.29, 0.717) is 83.1 Å². The summed E-state index contributed by atoms with van der Waals surface area (Å²) < 4.78 is 21.5. The fourth-order valence-corrected chi connectivity index (χ4v) is 7.93. The van der Waals surface area contributed by atoms with Crippen LogP contribution in [0.3, 0.4) is 0 Å². The maximum atomic E-state index is 13.4. The van der Waals surface area contributed by atoms with Crippen molar-refractivity contribution in [2.75, 3.05) is 51.4 Å². The minimum Gasteiger partial charge on any atom is -0.446 e. The fraction of sp³-hybridized carbons (Fsp3) is 0.524. The molecule has 4 N–H and O–H groups in total. The summed E-state index contributed by atoms with van der Waals surface area (Å²) in [5.41, 5.74) is 4.40. The highest BCUT2D eigenvalue weighted by molar-refractivity contribution is 5.94. The molecule has 310 valence electrons. The highest BCUT2D eigenvalue weighted by Gasteiger charge is 2.36. The lowest BCUT2D eigenvalue weighted by Crippen LogP contribution is -2.47. The average molecular weight is 800 g/mol. The van der Waals surface area contributed by atoms with Crippen molar-refractivity contribution in [2.24, 2.45) is 5.92 Å². The third-order valence-electron chi connectivity index (χ3n) is 11.3. The predicted octanol–water partition coefficient (Wildman–Crippen LogP) is 4.78. The Morgan fingerprint density at radius 2 is 1.28 bits per heavy atom. The molecule has 0 bridgehead atoms. The number of H-pyrrole nitrogens is 1. The van der Waals surface area contributed by atoms with Crippen LogP contribution in [0.2, 0.25) is 0 Å². The zero-order valence-electron chi connectivity index (χ0n) is 33.1. The van der Waals surface area contributed by atoms with E-state index in [1.54, 1.807) is 29.8 Å². The minimum absolute atomic E-state index is 0.159. The maximum absolute atomic E-state index is 13.4. The highest BCUT2D eigenvalue weighted by Crippen LogP contribution is 2.33. The summed E-state index contributed by atoms with van der Waals surface area (Å²) in [6, 6.07) is 13.9. The van der Waals surface area contributed by atoms with Gasteiger partial charge in [0, 0.05) is 51.0 Å². The molecule has 5 amide bonds. The number of amides is 5. The van der Waals surface area contributed by atoms with Crippen LogP contribution in [0.4, 0.5) is 15.3 Å². The Kier molecular flexibility index (Phi) is 13.2. The Bertz CT molecular complexity index is 1910. The summed E-state index contributed by atoms with van der Waals surface area (Å²) in [4.78, 5) is 75.8. The Morgan fingerprint density at radius 3 is 1.88 bits per heavy atom. The molecule has 7 rings (SSSR count). The van der Waals surface area contributed by atoms with Gasteiger partial charge in [-0.15, -0.1) is 0 Å². The van der Waals surface area contributed by atoms with Gasteiger partial charge in [-0.3, -0.25) is 14.4 Å². The predicted molar refractivity (Wildman–Crippen MR) is 212 cm³/mol. The van der Waals surface area contributed by atoms with Gasteiger partial charge < -0.3 is 49.7 Å². The summed E-state index contributed by atoms with van der Waals surface area (Å²) in [7, 11) is 0. The van der Waals surface area contributed by atoms with Crippen LogP contribution in [-0.2, 0) is 33.3 Å². The number of benzene rings is 2. The van der Waals surface area contributed by atoms with E-state index in [1.165, 1.54) is 0 Å². The molecule has 4 aliphatic rings. The lowest BCUT2D eigenvalue weighted by atomic mass is 10.0. The number of alkyl carbamates (subject to hydrolysis) is 2. The quantitative estimate of drug-likeness (QED) is 0.210. The first-order valence-electron chi connectivity index (χ1n) is 20.4. The first-order valence-corrected chi connectivity index (χ1v) is 20.4. The third kappa shape index (κ3) is 10.1. The molecule has 3 aromatic rings. The molecule has 0 unspecified atom stereocenters. The standard InChI is InChI=1S/C42H53N7O9/c1-26(44-41(53)57-33-14-20-55-21-15-33)39(51)48-19-13-31(25-48)38(50)46-32-11-9-29(10-12-32)28-5-7-30(8-6-28)35-24-43-37(47-35)36-4-3-18-49(36)40(52)27(2)45-42(54)58-34-16-22-56-23-17-34/h5-12,24,26-27,31,33-34,36H,3-4,13-23,25H2,1-2H3,(H,43,47)(H,44,53)(H,45,54)(H,46,50)/t26-,27+,31-,36+/m1/s1. The molecule has 16 nitrogen and oxygen atoms in total. The maximum Gasteiger partial charge on any atom is 0.408 e. The molecule has 0 aliphatic carbocycles. The summed E-state index contributed by atoms with van der Waals surface area (Å²) >= 11 is 0. The second-order valence-electron chi connectivity index (χ2n) is 15.5. The van der Waals surface area contributed by atoms with Gasteiger partial charge in [0.25, 0.3) is 0 Å². The van der Waals surface area contributed by atoms with E-state index >= 15 is 0 Å². The van der Waals surface area contributed by atoms with Crippen LogP contribution in [0, 0.1) is 5.92 Å². The van der Waals surface area contributed by atoms with E-state index in [4.69, 9.17) is 18.9 Å². The van der Waals surface area contributed by atoms with Crippen LogP contribution in [-0.4, -0.2) is 120 Å². The monoisotopic (exact) mass is 799 g/mol. The van der Waals surface area contributed by atoms with Gasteiger partial charge in [-0.25, -0.2) is 14.6 Å². The van der Waals surface area contributed by atoms with Crippen molar-refractivity contribution in [3.05, 3.63) is 60.6 Å². The van der Waals surface area contributed by atoms with Crippen LogP contribution >= 0.6 is 0 Å². The van der Waals surface area contributed by atoms with Gasteiger partial charge in [0.15, 0.2) is 0 Å². The normalized spacial score (nSPS) is 21.2. The molecule has 4 fully saturated rings. The first-order chi connectivity index (χ1) is 28.1. The number of carbonyl (C=O) groups is 5. The van der Waals surface area contributed by atoms with Gasteiger partial charge >= 0.3 is 12.2 Å². The van der Waals surface area contributed by atoms with Gasteiger partial charge in [0.2, 0.25) is 17.7 Å². The fourth-order valence-electron chi connectivity index (χ4n) is 7.93. The molecule has 58 heavy (non-hydrogen) atoms.